The second-order valence-corrected chi connectivity index (χ2v) is 10.4. The summed E-state index contributed by atoms with van der Waals surface area (Å²) in [6.07, 6.45) is 6.46. The van der Waals surface area contributed by atoms with Crippen molar-refractivity contribution in [2.24, 2.45) is 0 Å². The van der Waals surface area contributed by atoms with Gasteiger partial charge in [-0.1, -0.05) is 25.1 Å². The number of hydrogen-bond acceptors (Lipinski definition) is 5. The molecule has 3 aromatic rings. The highest BCUT2D eigenvalue weighted by molar-refractivity contribution is 7.91. The van der Waals surface area contributed by atoms with Crippen LogP contribution in [0.25, 0.3) is 10.9 Å². The van der Waals surface area contributed by atoms with E-state index in [4.69, 9.17) is 4.74 Å². The molecule has 1 atom stereocenters. The van der Waals surface area contributed by atoms with Crippen molar-refractivity contribution in [2.75, 3.05) is 26.0 Å². The lowest BCUT2D eigenvalue weighted by Crippen LogP contribution is -2.27. The smallest absolute Gasteiger partial charge is 0.227 e. The Bertz CT molecular complexity index is 1110. The van der Waals surface area contributed by atoms with Crippen LogP contribution in [0, 0.1) is 0 Å². The van der Waals surface area contributed by atoms with Crippen LogP contribution in [0.3, 0.4) is 0 Å². The quantitative estimate of drug-likeness (QED) is 0.480. The molecule has 1 aromatic carbocycles. The molecule has 0 unspecified atom stereocenters. The molecule has 0 aliphatic carbocycles. The molecule has 1 saturated heterocycles. The van der Waals surface area contributed by atoms with Crippen LogP contribution in [0.4, 0.5) is 0 Å². The first-order chi connectivity index (χ1) is 15.0. The molecule has 0 N–H and O–H groups in total. The minimum absolute atomic E-state index is 0.0556. The molecule has 8 heteroatoms. The zero-order valence-corrected chi connectivity index (χ0v) is 19.2. The van der Waals surface area contributed by atoms with Gasteiger partial charge in [-0.2, -0.15) is 0 Å². The number of sulfone groups is 1. The maximum absolute atomic E-state index is 12.8. The van der Waals surface area contributed by atoms with Gasteiger partial charge in [-0.3, -0.25) is 4.90 Å². The number of rotatable bonds is 10. The zero-order valence-electron chi connectivity index (χ0n) is 18.4. The van der Waals surface area contributed by atoms with Gasteiger partial charge in [0.05, 0.1) is 30.3 Å². The Kier molecular flexibility index (Phi) is 6.79. The molecular formula is C23H32N4O3S. The summed E-state index contributed by atoms with van der Waals surface area (Å²) in [5, 5.41) is 1.43. The van der Waals surface area contributed by atoms with Crippen molar-refractivity contribution in [1.29, 1.82) is 0 Å². The molecule has 0 saturated carbocycles. The molecule has 168 valence electrons. The lowest BCUT2D eigenvalue weighted by Gasteiger charge is -2.20. The second-order valence-electron chi connectivity index (χ2n) is 8.40. The Hall–Kier alpha value is -2.16. The van der Waals surface area contributed by atoms with Gasteiger partial charge in [-0.25, -0.2) is 13.4 Å². The minimum atomic E-state index is -3.40. The average molecular weight is 445 g/mol. The number of nitrogens with zero attached hydrogens (tertiary/aromatic N) is 4. The van der Waals surface area contributed by atoms with Crippen LogP contribution in [-0.2, 0) is 34.2 Å². The largest absolute Gasteiger partial charge is 0.376 e. The fourth-order valence-corrected chi connectivity index (χ4v) is 5.74. The summed E-state index contributed by atoms with van der Waals surface area (Å²) in [5.74, 6) is 0.117. The van der Waals surface area contributed by atoms with Crippen molar-refractivity contribution in [3.05, 3.63) is 48.4 Å². The molecule has 1 fully saturated rings. The molecule has 0 bridgehead atoms. The first kappa shape index (κ1) is 22.0. The summed E-state index contributed by atoms with van der Waals surface area (Å²) < 4.78 is 35.5. The standard InChI is InChI=1S/C23H32N4O3S/c1-3-15-31(28,29)23-24-16-20(27(23)18-21-8-6-14-30-21)17-25(2)12-13-26-11-10-19-7-4-5-9-22(19)26/h4-5,7,9-11,16,21H,3,6,8,12-15,17-18H2,1-2H3/t21-/m1/s1. The molecule has 3 heterocycles. The number of para-hydroxylation sites is 1. The molecule has 0 spiro atoms. The minimum Gasteiger partial charge on any atom is -0.376 e. The number of imidazole rings is 1. The Morgan fingerprint density at radius 1 is 1.26 bits per heavy atom. The topological polar surface area (TPSA) is 69.4 Å². The van der Waals surface area contributed by atoms with Crippen molar-refractivity contribution < 1.29 is 13.2 Å². The predicted molar refractivity (Wildman–Crippen MR) is 122 cm³/mol. The molecule has 7 nitrogen and oxygen atoms in total. The molecular weight excluding hydrogens is 412 g/mol. The third-order valence-electron chi connectivity index (χ3n) is 5.90. The van der Waals surface area contributed by atoms with E-state index < -0.39 is 9.84 Å². The number of likely N-dealkylation sites (N-methyl/N-ethyl adjacent to an activating group) is 1. The van der Waals surface area contributed by atoms with E-state index in [0.29, 0.717) is 19.5 Å². The number of fused-ring (bicyclic) bond motifs is 1. The maximum atomic E-state index is 12.8. The van der Waals surface area contributed by atoms with Crippen LogP contribution in [-0.4, -0.2) is 59.5 Å². The van der Waals surface area contributed by atoms with Crippen LogP contribution in [0.15, 0.2) is 47.9 Å². The SMILES string of the molecule is CCCS(=O)(=O)c1ncc(CN(C)CCn2ccc3ccccc32)n1C[C@H]1CCCO1. The second kappa shape index (κ2) is 9.54. The van der Waals surface area contributed by atoms with Crippen LogP contribution in [0.2, 0.25) is 0 Å². The third kappa shape index (κ3) is 5.02. The predicted octanol–water partition coefficient (Wildman–Crippen LogP) is 3.33. The fraction of sp³-hybridized carbons (Fsp3) is 0.522. The molecule has 2 aromatic heterocycles. The highest BCUT2D eigenvalue weighted by atomic mass is 32.2. The van der Waals surface area contributed by atoms with E-state index in [0.717, 1.165) is 38.2 Å². The van der Waals surface area contributed by atoms with Gasteiger partial charge in [-0.15, -0.1) is 0 Å². The number of benzene rings is 1. The normalized spacial score (nSPS) is 17.2. The molecule has 0 radical (unpaired) electrons. The molecule has 1 aliphatic rings. The van der Waals surface area contributed by atoms with Gasteiger partial charge in [0, 0.05) is 38.0 Å². The van der Waals surface area contributed by atoms with Gasteiger partial charge in [0.25, 0.3) is 0 Å². The highest BCUT2D eigenvalue weighted by Gasteiger charge is 2.26. The first-order valence-corrected chi connectivity index (χ1v) is 12.7. The van der Waals surface area contributed by atoms with E-state index in [1.807, 2.05) is 11.5 Å². The Morgan fingerprint density at radius 2 is 2.10 bits per heavy atom. The van der Waals surface area contributed by atoms with E-state index in [1.165, 1.54) is 10.9 Å². The van der Waals surface area contributed by atoms with Gasteiger partial charge in [0.1, 0.15) is 0 Å². The van der Waals surface area contributed by atoms with Gasteiger partial charge in [-0.05, 0) is 43.8 Å². The van der Waals surface area contributed by atoms with Crippen molar-refractivity contribution >= 4 is 20.7 Å². The van der Waals surface area contributed by atoms with E-state index in [9.17, 15) is 8.42 Å². The first-order valence-electron chi connectivity index (χ1n) is 11.1. The maximum Gasteiger partial charge on any atom is 0.227 e. The van der Waals surface area contributed by atoms with Crippen molar-refractivity contribution in [2.45, 2.75) is 57.1 Å². The highest BCUT2D eigenvalue weighted by Crippen LogP contribution is 2.21. The lowest BCUT2D eigenvalue weighted by molar-refractivity contribution is 0.0934. The summed E-state index contributed by atoms with van der Waals surface area (Å²) in [6, 6.07) is 10.5. The molecule has 4 rings (SSSR count). The average Bonchev–Trinajstić information content (AvgIpc) is 3.48. The number of aromatic nitrogens is 3. The van der Waals surface area contributed by atoms with Crippen LogP contribution >= 0.6 is 0 Å². The molecule has 31 heavy (non-hydrogen) atoms. The van der Waals surface area contributed by atoms with E-state index >= 15 is 0 Å². The van der Waals surface area contributed by atoms with E-state index in [-0.39, 0.29) is 17.0 Å². The summed E-state index contributed by atoms with van der Waals surface area (Å²) in [6.45, 7) is 5.52. The monoisotopic (exact) mass is 444 g/mol. The van der Waals surface area contributed by atoms with E-state index in [2.05, 4.69) is 58.0 Å². The summed E-state index contributed by atoms with van der Waals surface area (Å²) in [7, 11) is -1.33. The fourth-order valence-electron chi connectivity index (χ4n) is 4.28. The Morgan fingerprint density at radius 3 is 2.87 bits per heavy atom. The van der Waals surface area contributed by atoms with E-state index in [1.54, 1.807) is 6.20 Å². The van der Waals surface area contributed by atoms with Gasteiger partial charge in [0.15, 0.2) is 0 Å². The van der Waals surface area contributed by atoms with Crippen molar-refractivity contribution in [1.82, 2.24) is 19.0 Å². The summed E-state index contributed by atoms with van der Waals surface area (Å²) >= 11 is 0. The van der Waals surface area contributed by atoms with Gasteiger partial charge < -0.3 is 13.9 Å². The lowest BCUT2D eigenvalue weighted by atomic mass is 10.2. The zero-order chi connectivity index (χ0) is 21.8. The third-order valence-corrected chi connectivity index (χ3v) is 7.73. The van der Waals surface area contributed by atoms with Crippen LogP contribution in [0.1, 0.15) is 31.9 Å². The number of hydrogen-bond donors (Lipinski definition) is 0. The molecule has 0 amide bonds. The van der Waals surface area contributed by atoms with Crippen LogP contribution < -0.4 is 0 Å². The Balaban J connectivity index is 1.49. The Labute approximate surface area is 184 Å². The summed E-state index contributed by atoms with van der Waals surface area (Å²) in [4.78, 5) is 6.56. The summed E-state index contributed by atoms with van der Waals surface area (Å²) in [5.41, 5.74) is 2.15. The van der Waals surface area contributed by atoms with Crippen LogP contribution in [0.5, 0.6) is 0 Å². The van der Waals surface area contributed by atoms with Gasteiger partial charge >= 0.3 is 0 Å². The number of ether oxygens (including phenoxy) is 1. The van der Waals surface area contributed by atoms with Gasteiger partial charge in [0.2, 0.25) is 15.0 Å². The molecule has 1 aliphatic heterocycles. The van der Waals surface area contributed by atoms with Crippen molar-refractivity contribution in [3.8, 4) is 0 Å². The van der Waals surface area contributed by atoms with Crippen molar-refractivity contribution in [3.63, 3.8) is 0 Å².